The van der Waals surface area contributed by atoms with E-state index in [9.17, 15) is 4.79 Å². The van der Waals surface area contributed by atoms with Gasteiger partial charge in [0.1, 0.15) is 27.3 Å². The second-order valence-electron chi connectivity index (χ2n) is 3.97. The lowest BCUT2D eigenvalue weighted by atomic mass is 10.1. The van der Waals surface area contributed by atoms with Gasteiger partial charge >= 0.3 is 0 Å². The number of carbonyl (C=O) groups is 1. The molecule has 0 aliphatic rings. The first-order valence-corrected chi connectivity index (χ1v) is 6.62. The number of nitriles is 1. The molecule has 0 fully saturated rings. The Morgan fingerprint density at radius 1 is 1.40 bits per heavy atom. The van der Waals surface area contributed by atoms with Crippen LogP contribution in [0.15, 0.2) is 24.3 Å². The molecule has 0 aliphatic carbocycles. The van der Waals surface area contributed by atoms with E-state index in [1.54, 1.807) is 38.4 Å². The van der Waals surface area contributed by atoms with Crippen molar-refractivity contribution in [2.24, 2.45) is 0 Å². The lowest BCUT2D eigenvalue weighted by Crippen LogP contribution is -2.02. The molecule has 20 heavy (non-hydrogen) atoms. The Balaban J connectivity index is 2.43. The van der Waals surface area contributed by atoms with E-state index < -0.39 is 0 Å². The zero-order chi connectivity index (χ0) is 14.7. The molecule has 0 atom stereocenters. The van der Waals surface area contributed by atoms with Gasteiger partial charge in [-0.1, -0.05) is 0 Å². The number of ether oxygens (including phenoxy) is 1. The summed E-state index contributed by atoms with van der Waals surface area (Å²) in [6, 6.07) is 8.77. The van der Waals surface area contributed by atoms with E-state index in [0.717, 1.165) is 0 Å². The van der Waals surface area contributed by atoms with Crippen molar-refractivity contribution in [2.75, 3.05) is 25.2 Å². The number of thiophene rings is 1. The van der Waals surface area contributed by atoms with Crippen molar-refractivity contribution < 1.29 is 9.53 Å². The maximum atomic E-state index is 12.4. The zero-order valence-electron chi connectivity index (χ0n) is 11.1. The van der Waals surface area contributed by atoms with Crippen LogP contribution < -0.4 is 15.8 Å². The van der Waals surface area contributed by atoms with Crippen molar-refractivity contribution in [3.05, 3.63) is 40.3 Å². The van der Waals surface area contributed by atoms with Gasteiger partial charge in [0.15, 0.2) is 0 Å². The Morgan fingerprint density at radius 2 is 2.05 bits per heavy atom. The van der Waals surface area contributed by atoms with E-state index >= 15 is 0 Å². The number of nitrogen functional groups attached to an aromatic ring is 1. The second kappa shape index (κ2) is 5.63. The fourth-order valence-corrected chi connectivity index (χ4v) is 2.76. The minimum absolute atomic E-state index is 0.201. The summed E-state index contributed by atoms with van der Waals surface area (Å²) in [6.07, 6.45) is 0. The predicted molar refractivity (Wildman–Crippen MR) is 79.4 cm³/mol. The summed E-state index contributed by atoms with van der Waals surface area (Å²) in [5.41, 5.74) is 6.93. The van der Waals surface area contributed by atoms with Crippen LogP contribution in [0.3, 0.4) is 0 Å². The van der Waals surface area contributed by atoms with Gasteiger partial charge in [0.05, 0.1) is 12.8 Å². The third kappa shape index (κ3) is 2.31. The van der Waals surface area contributed by atoms with E-state index in [1.165, 1.54) is 11.3 Å². The number of carbonyl (C=O) groups excluding carboxylic acids is 1. The van der Waals surface area contributed by atoms with Crippen molar-refractivity contribution in [3.8, 4) is 11.8 Å². The molecule has 2 rings (SSSR count). The SMILES string of the molecule is CNc1sc(C(=O)c2ccc(OC)cc2)c(N)c1C#N. The summed E-state index contributed by atoms with van der Waals surface area (Å²) >= 11 is 1.18. The van der Waals surface area contributed by atoms with Gasteiger partial charge in [0.2, 0.25) is 5.78 Å². The number of hydrogen-bond donors (Lipinski definition) is 2. The van der Waals surface area contributed by atoms with Gasteiger partial charge in [-0.3, -0.25) is 4.79 Å². The summed E-state index contributed by atoms with van der Waals surface area (Å²) < 4.78 is 5.05. The molecule has 0 radical (unpaired) electrons. The lowest BCUT2D eigenvalue weighted by molar-refractivity contribution is 0.104. The standard InChI is InChI=1S/C14H13N3O2S/c1-17-14-10(7-15)11(16)13(20-14)12(18)8-3-5-9(19-2)6-4-8/h3-6,17H,16H2,1-2H3. The van der Waals surface area contributed by atoms with Crippen molar-refractivity contribution in [2.45, 2.75) is 0 Å². The highest BCUT2D eigenvalue weighted by molar-refractivity contribution is 7.19. The average Bonchev–Trinajstić information content (AvgIpc) is 2.82. The van der Waals surface area contributed by atoms with E-state index in [0.29, 0.717) is 26.8 Å². The number of rotatable bonds is 4. The second-order valence-corrected chi connectivity index (χ2v) is 4.99. The summed E-state index contributed by atoms with van der Waals surface area (Å²) in [7, 11) is 3.25. The molecule has 6 heteroatoms. The summed E-state index contributed by atoms with van der Waals surface area (Å²) in [4.78, 5) is 12.8. The number of ketones is 1. The molecule has 1 aromatic carbocycles. The minimum Gasteiger partial charge on any atom is -0.497 e. The first-order valence-electron chi connectivity index (χ1n) is 5.81. The third-order valence-electron chi connectivity index (χ3n) is 2.84. The molecule has 0 saturated heterocycles. The van der Waals surface area contributed by atoms with Crippen LogP contribution in [0, 0.1) is 11.3 Å². The first kappa shape index (κ1) is 13.9. The van der Waals surface area contributed by atoms with Gasteiger partial charge in [-0.15, -0.1) is 11.3 Å². The Bertz CT molecular complexity index is 684. The Labute approximate surface area is 120 Å². The van der Waals surface area contributed by atoms with Crippen LogP contribution in [0.4, 0.5) is 10.7 Å². The van der Waals surface area contributed by atoms with Gasteiger partial charge in [0.25, 0.3) is 0 Å². The molecule has 3 N–H and O–H groups in total. The third-order valence-corrected chi connectivity index (χ3v) is 4.06. The molecule has 0 aliphatic heterocycles. The van der Waals surface area contributed by atoms with Gasteiger partial charge in [-0.25, -0.2) is 0 Å². The number of nitrogens with two attached hydrogens (primary N) is 1. The van der Waals surface area contributed by atoms with E-state index in [-0.39, 0.29) is 11.5 Å². The van der Waals surface area contributed by atoms with Crippen molar-refractivity contribution in [1.82, 2.24) is 0 Å². The van der Waals surface area contributed by atoms with Gasteiger partial charge in [-0.2, -0.15) is 5.26 Å². The van der Waals surface area contributed by atoms with Crippen LogP contribution >= 0.6 is 11.3 Å². The number of nitrogens with one attached hydrogen (secondary N) is 1. The van der Waals surface area contributed by atoms with Gasteiger partial charge in [-0.05, 0) is 24.3 Å². The lowest BCUT2D eigenvalue weighted by Gasteiger charge is -2.02. The molecule has 1 aromatic heterocycles. The number of anilines is 2. The molecule has 0 bridgehead atoms. The van der Waals surface area contributed by atoms with Crippen LogP contribution in [-0.2, 0) is 0 Å². The molecule has 1 heterocycles. The normalized spacial score (nSPS) is 9.85. The largest absolute Gasteiger partial charge is 0.497 e. The molecule has 0 saturated carbocycles. The smallest absolute Gasteiger partial charge is 0.205 e. The first-order chi connectivity index (χ1) is 9.62. The predicted octanol–water partition coefficient (Wildman–Crippen LogP) is 2.48. The summed E-state index contributed by atoms with van der Waals surface area (Å²) in [5, 5.41) is 12.5. The maximum Gasteiger partial charge on any atom is 0.205 e. The van der Waals surface area contributed by atoms with Crippen molar-refractivity contribution in [1.29, 1.82) is 5.26 Å². The van der Waals surface area contributed by atoms with Gasteiger partial charge < -0.3 is 15.8 Å². The van der Waals surface area contributed by atoms with Crippen LogP contribution in [0.25, 0.3) is 0 Å². The Hall–Kier alpha value is -2.52. The van der Waals surface area contributed by atoms with Crippen molar-refractivity contribution in [3.63, 3.8) is 0 Å². The fraction of sp³-hybridized carbons (Fsp3) is 0.143. The summed E-state index contributed by atoms with van der Waals surface area (Å²) in [5.74, 6) is 0.475. The maximum absolute atomic E-state index is 12.4. The number of methoxy groups -OCH3 is 1. The molecule has 0 unspecified atom stereocenters. The van der Waals surface area contributed by atoms with Crippen LogP contribution in [-0.4, -0.2) is 19.9 Å². The highest BCUT2D eigenvalue weighted by Crippen LogP contribution is 2.36. The quantitative estimate of drug-likeness (QED) is 0.843. The monoisotopic (exact) mass is 287 g/mol. The zero-order valence-corrected chi connectivity index (χ0v) is 11.9. The van der Waals surface area contributed by atoms with E-state index in [1.807, 2.05) is 6.07 Å². The molecule has 0 amide bonds. The van der Waals surface area contributed by atoms with Crippen LogP contribution in [0.1, 0.15) is 20.8 Å². The Morgan fingerprint density at radius 3 is 2.50 bits per heavy atom. The summed E-state index contributed by atoms with van der Waals surface area (Å²) in [6.45, 7) is 0. The fourth-order valence-electron chi connectivity index (χ4n) is 1.77. The minimum atomic E-state index is -0.201. The topological polar surface area (TPSA) is 88.1 Å². The average molecular weight is 287 g/mol. The molecular weight excluding hydrogens is 274 g/mol. The Kier molecular flexibility index (Phi) is 3.91. The molecular formula is C14H13N3O2S. The molecule has 2 aromatic rings. The van der Waals surface area contributed by atoms with E-state index in [2.05, 4.69) is 5.32 Å². The van der Waals surface area contributed by atoms with Crippen LogP contribution in [0.2, 0.25) is 0 Å². The van der Waals surface area contributed by atoms with Gasteiger partial charge in [0, 0.05) is 12.6 Å². The molecule has 5 nitrogen and oxygen atoms in total. The molecule has 102 valence electrons. The number of benzene rings is 1. The van der Waals surface area contributed by atoms with E-state index in [4.69, 9.17) is 15.7 Å². The van der Waals surface area contributed by atoms with Crippen molar-refractivity contribution >= 4 is 27.8 Å². The highest BCUT2D eigenvalue weighted by atomic mass is 32.1. The number of nitrogens with zero attached hydrogens (tertiary/aromatic N) is 1. The van der Waals surface area contributed by atoms with Crippen LogP contribution in [0.5, 0.6) is 5.75 Å². The highest BCUT2D eigenvalue weighted by Gasteiger charge is 2.21. The number of hydrogen-bond acceptors (Lipinski definition) is 6. The molecule has 0 spiro atoms.